The number of anilines is 1. The van der Waals surface area contributed by atoms with Gasteiger partial charge in [0.1, 0.15) is 17.7 Å². The van der Waals surface area contributed by atoms with E-state index in [0.717, 1.165) is 33.5 Å². The molecule has 0 aliphatic carbocycles. The highest BCUT2D eigenvalue weighted by molar-refractivity contribution is 6.00. The van der Waals surface area contributed by atoms with E-state index in [1.807, 2.05) is 42.5 Å². The zero-order valence-electron chi connectivity index (χ0n) is 13.5. The fourth-order valence-corrected chi connectivity index (χ4v) is 2.60. The molecule has 0 atom stereocenters. The zero-order chi connectivity index (χ0) is 16.9. The van der Waals surface area contributed by atoms with Crippen LogP contribution in [0.15, 0.2) is 48.7 Å². The number of hydrogen-bond donors (Lipinski definition) is 1. The van der Waals surface area contributed by atoms with Gasteiger partial charge in [-0.15, -0.1) is 4.98 Å². The van der Waals surface area contributed by atoms with Crippen molar-refractivity contribution in [2.45, 2.75) is 6.54 Å². The Kier molecular flexibility index (Phi) is 4.48. The lowest BCUT2D eigenvalue weighted by molar-refractivity contribution is 0.391. The molecule has 1 N–H and O–H groups in total. The van der Waals surface area contributed by atoms with Crippen LogP contribution in [0.5, 0.6) is 11.5 Å². The van der Waals surface area contributed by atoms with Crippen molar-refractivity contribution in [3.63, 3.8) is 0 Å². The van der Waals surface area contributed by atoms with Crippen LogP contribution >= 0.6 is 0 Å². The lowest BCUT2D eigenvalue weighted by Gasteiger charge is -2.13. The summed E-state index contributed by atoms with van der Waals surface area (Å²) in [5.41, 5.74) is 1.90. The molecule has 0 aliphatic rings. The van der Waals surface area contributed by atoms with E-state index < -0.39 is 0 Å². The number of hydrogen-bond acceptors (Lipinski definition) is 4. The Morgan fingerprint density at radius 1 is 1.08 bits per heavy atom. The minimum atomic E-state index is 0.415. The van der Waals surface area contributed by atoms with Crippen LogP contribution in [0.3, 0.4) is 0 Å². The van der Waals surface area contributed by atoms with Gasteiger partial charge in [0.05, 0.1) is 19.9 Å². The Labute approximate surface area is 140 Å². The summed E-state index contributed by atoms with van der Waals surface area (Å²) in [4.78, 5) is 7.72. The molecule has 0 bridgehead atoms. The van der Waals surface area contributed by atoms with Crippen molar-refractivity contribution < 1.29 is 9.47 Å². The van der Waals surface area contributed by atoms with E-state index in [2.05, 4.69) is 15.1 Å². The van der Waals surface area contributed by atoms with Crippen molar-refractivity contribution in [2.75, 3.05) is 19.5 Å². The van der Waals surface area contributed by atoms with Gasteiger partial charge >= 0.3 is 0 Å². The second-order valence-electron chi connectivity index (χ2n) is 5.18. The fourth-order valence-electron chi connectivity index (χ4n) is 2.60. The summed E-state index contributed by atoms with van der Waals surface area (Å²) in [5, 5.41) is 5.21. The molecule has 0 spiro atoms. The molecule has 120 valence electrons. The van der Waals surface area contributed by atoms with Gasteiger partial charge in [-0.2, -0.15) is 0 Å². The molecule has 0 saturated carbocycles. The highest BCUT2D eigenvalue weighted by atomic mass is 16.5. The maximum absolute atomic E-state index is 7.24. The van der Waals surface area contributed by atoms with Gasteiger partial charge in [0.15, 0.2) is 0 Å². The van der Waals surface area contributed by atoms with Crippen molar-refractivity contribution in [1.82, 2.24) is 4.98 Å². The normalized spacial score (nSPS) is 10.2. The lowest BCUT2D eigenvalue weighted by Crippen LogP contribution is -2.03. The van der Waals surface area contributed by atoms with Crippen LogP contribution in [0.25, 0.3) is 15.6 Å². The first-order valence-corrected chi connectivity index (χ1v) is 7.46. The summed E-state index contributed by atoms with van der Waals surface area (Å²) in [6.07, 6.45) is 1.70. The number of pyridine rings is 1. The standard InChI is InChI=1S/C19H17N3O2/c1-20-19-16-7-5-4-6-15(16)17(12-22-19)21-11-13-8-9-14(23-2)10-18(13)24-3/h4-10,12,21H,11H2,2-3H3. The Morgan fingerprint density at radius 2 is 1.88 bits per heavy atom. The molecule has 1 aromatic heterocycles. The second kappa shape index (κ2) is 6.88. The van der Waals surface area contributed by atoms with Crippen LogP contribution < -0.4 is 14.8 Å². The molecule has 0 fully saturated rings. The molecule has 0 unspecified atom stereocenters. The predicted molar refractivity (Wildman–Crippen MR) is 94.9 cm³/mol. The molecule has 0 saturated heterocycles. The number of ether oxygens (including phenoxy) is 2. The summed E-state index contributed by atoms with van der Waals surface area (Å²) in [5.74, 6) is 1.93. The zero-order valence-corrected chi connectivity index (χ0v) is 13.5. The van der Waals surface area contributed by atoms with Crippen LogP contribution in [-0.2, 0) is 6.54 Å². The largest absolute Gasteiger partial charge is 0.497 e. The number of rotatable bonds is 5. The smallest absolute Gasteiger partial charge is 0.277 e. The van der Waals surface area contributed by atoms with E-state index in [9.17, 15) is 0 Å². The van der Waals surface area contributed by atoms with Gasteiger partial charge in [-0.25, -0.2) is 0 Å². The van der Waals surface area contributed by atoms with Crippen molar-refractivity contribution in [3.8, 4) is 11.5 Å². The second-order valence-corrected chi connectivity index (χ2v) is 5.18. The number of nitrogens with one attached hydrogen (secondary N) is 1. The molecule has 2 aromatic carbocycles. The van der Waals surface area contributed by atoms with Crippen LogP contribution in [0, 0.1) is 6.57 Å². The van der Waals surface area contributed by atoms with Crippen LogP contribution in [-0.4, -0.2) is 19.2 Å². The number of methoxy groups -OCH3 is 2. The first-order chi connectivity index (χ1) is 11.8. The Balaban J connectivity index is 1.91. The molecule has 3 rings (SSSR count). The van der Waals surface area contributed by atoms with E-state index in [1.165, 1.54) is 0 Å². The number of fused-ring (bicyclic) bond motifs is 1. The van der Waals surface area contributed by atoms with E-state index in [1.54, 1.807) is 20.4 Å². The summed E-state index contributed by atoms with van der Waals surface area (Å²) in [6.45, 7) is 7.82. The summed E-state index contributed by atoms with van der Waals surface area (Å²) >= 11 is 0. The summed E-state index contributed by atoms with van der Waals surface area (Å²) < 4.78 is 10.6. The minimum absolute atomic E-state index is 0.415. The number of aromatic nitrogens is 1. The molecule has 0 amide bonds. The third kappa shape index (κ3) is 2.95. The van der Waals surface area contributed by atoms with Gasteiger partial charge in [-0.3, -0.25) is 0 Å². The highest BCUT2D eigenvalue weighted by Gasteiger charge is 2.10. The monoisotopic (exact) mass is 319 g/mol. The van der Waals surface area contributed by atoms with E-state index in [0.29, 0.717) is 12.4 Å². The molecule has 0 radical (unpaired) electrons. The average molecular weight is 319 g/mol. The topological polar surface area (TPSA) is 47.7 Å². The molecule has 5 nitrogen and oxygen atoms in total. The molecule has 5 heteroatoms. The van der Waals surface area contributed by atoms with Crippen molar-refractivity contribution >= 4 is 22.3 Å². The average Bonchev–Trinajstić information content (AvgIpc) is 2.65. The van der Waals surface area contributed by atoms with Crippen molar-refractivity contribution in [2.24, 2.45) is 0 Å². The third-order valence-electron chi connectivity index (χ3n) is 3.84. The van der Waals surface area contributed by atoms with Gasteiger partial charge in [0.25, 0.3) is 5.82 Å². The van der Waals surface area contributed by atoms with Gasteiger partial charge < -0.3 is 19.6 Å². The minimum Gasteiger partial charge on any atom is -0.497 e. The Bertz CT molecular complexity index is 916. The predicted octanol–water partition coefficient (Wildman–Crippen LogP) is 4.41. The van der Waals surface area contributed by atoms with Gasteiger partial charge in [-0.1, -0.05) is 30.8 Å². The number of benzene rings is 2. The molecular weight excluding hydrogens is 302 g/mol. The number of nitrogens with zero attached hydrogens (tertiary/aromatic N) is 2. The molecule has 3 aromatic rings. The van der Waals surface area contributed by atoms with Crippen LogP contribution in [0.4, 0.5) is 11.5 Å². The van der Waals surface area contributed by atoms with E-state index >= 15 is 0 Å². The molecular formula is C19H17N3O2. The first-order valence-electron chi connectivity index (χ1n) is 7.46. The van der Waals surface area contributed by atoms with E-state index in [-0.39, 0.29) is 0 Å². The maximum atomic E-state index is 7.24. The lowest BCUT2D eigenvalue weighted by atomic mass is 10.1. The maximum Gasteiger partial charge on any atom is 0.277 e. The summed E-state index contributed by atoms with van der Waals surface area (Å²) in [7, 11) is 3.27. The van der Waals surface area contributed by atoms with Gasteiger partial charge in [-0.05, 0) is 17.5 Å². The summed E-state index contributed by atoms with van der Waals surface area (Å²) in [6, 6.07) is 13.5. The van der Waals surface area contributed by atoms with Gasteiger partial charge in [0.2, 0.25) is 0 Å². The van der Waals surface area contributed by atoms with Crippen molar-refractivity contribution in [3.05, 3.63) is 65.6 Å². The quantitative estimate of drug-likeness (QED) is 0.707. The Hall–Kier alpha value is -3.26. The molecule has 0 aliphatic heterocycles. The van der Waals surface area contributed by atoms with Gasteiger partial charge in [0, 0.05) is 23.6 Å². The van der Waals surface area contributed by atoms with Crippen LogP contribution in [0.2, 0.25) is 0 Å². The first kappa shape index (κ1) is 15.6. The third-order valence-corrected chi connectivity index (χ3v) is 3.84. The van der Waals surface area contributed by atoms with E-state index in [4.69, 9.17) is 16.0 Å². The van der Waals surface area contributed by atoms with Crippen molar-refractivity contribution in [1.29, 1.82) is 0 Å². The molecule has 24 heavy (non-hydrogen) atoms. The Morgan fingerprint density at radius 3 is 2.58 bits per heavy atom. The molecule has 1 heterocycles. The SMILES string of the molecule is [C-]#[N+]c1ncc(NCc2ccc(OC)cc2OC)c2ccccc12. The highest BCUT2D eigenvalue weighted by Crippen LogP contribution is 2.31. The van der Waals surface area contributed by atoms with Crippen LogP contribution in [0.1, 0.15) is 5.56 Å². The fraction of sp³-hybridized carbons (Fsp3) is 0.158.